The second-order valence-electron chi connectivity index (χ2n) is 5.90. The van der Waals surface area contributed by atoms with Gasteiger partial charge in [0.2, 0.25) is 0 Å². The molecular formula is C16H20O5. The molecule has 0 aliphatic carbocycles. The van der Waals surface area contributed by atoms with Gasteiger partial charge in [0.1, 0.15) is 12.2 Å². The number of hydrogen-bond donors (Lipinski definition) is 0. The lowest BCUT2D eigenvalue weighted by Gasteiger charge is -2.23. The third-order valence-electron chi connectivity index (χ3n) is 3.91. The number of carbonyl (C=O) groups excluding carboxylic acids is 1. The number of hydrogen-bond acceptors (Lipinski definition) is 5. The van der Waals surface area contributed by atoms with Crippen LogP contribution in [0.2, 0.25) is 0 Å². The highest BCUT2D eigenvalue weighted by Crippen LogP contribution is 2.40. The number of aryl methyl sites for hydroxylation is 1. The molecule has 2 aliphatic heterocycles. The quantitative estimate of drug-likeness (QED) is 0.798. The smallest absolute Gasteiger partial charge is 0.194 e. The Morgan fingerprint density at radius 2 is 1.86 bits per heavy atom. The summed E-state index contributed by atoms with van der Waals surface area (Å²) in [5.74, 6) is -0.830. The molecule has 0 radical (unpaired) electrons. The van der Waals surface area contributed by atoms with E-state index in [1.807, 2.05) is 39.0 Å². The Kier molecular flexibility index (Phi) is 3.61. The maximum Gasteiger partial charge on any atom is 0.194 e. The summed E-state index contributed by atoms with van der Waals surface area (Å²) in [6, 6.07) is 7.46. The zero-order valence-electron chi connectivity index (χ0n) is 12.7. The number of ketones is 1. The summed E-state index contributed by atoms with van der Waals surface area (Å²) in [6.07, 6.45) is -2.13. The summed E-state index contributed by atoms with van der Waals surface area (Å²) >= 11 is 0. The second kappa shape index (κ2) is 5.18. The minimum atomic E-state index is -0.736. The number of ether oxygens (including phenoxy) is 4. The van der Waals surface area contributed by atoms with Crippen molar-refractivity contribution in [2.45, 2.75) is 51.2 Å². The van der Waals surface area contributed by atoms with Gasteiger partial charge in [-0.15, -0.1) is 0 Å². The summed E-state index contributed by atoms with van der Waals surface area (Å²) in [6.45, 7) is 5.56. The van der Waals surface area contributed by atoms with Crippen molar-refractivity contribution in [3.05, 3.63) is 35.4 Å². The van der Waals surface area contributed by atoms with Gasteiger partial charge in [-0.3, -0.25) is 4.79 Å². The molecular weight excluding hydrogens is 272 g/mol. The fraction of sp³-hybridized carbons (Fsp3) is 0.562. The van der Waals surface area contributed by atoms with Gasteiger partial charge in [0.15, 0.2) is 24.0 Å². The van der Waals surface area contributed by atoms with E-state index >= 15 is 0 Å². The van der Waals surface area contributed by atoms with E-state index in [1.54, 1.807) is 6.07 Å². The number of fused-ring (bicyclic) bond motifs is 1. The number of methoxy groups -OCH3 is 1. The van der Waals surface area contributed by atoms with Crippen molar-refractivity contribution in [3.8, 4) is 0 Å². The van der Waals surface area contributed by atoms with Crippen LogP contribution in [-0.4, -0.2) is 43.3 Å². The van der Waals surface area contributed by atoms with Gasteiger partial charge >= 0.3 is 0 Å². The van der Waals surface area contributed by atoms with Gasteiger partial charge in [0.25, 0.3) is 0 Å². The lowest BCUT2D eigenvalue weighted by atomic mass is 9.97. The average Bonchev–Trinajstić information content (AvgIpc) is 2.91. The molecule has 1 aromatic carbocycles. The van der Waals surface area contributed by atoms with Crippen molar-refractivity contribution in [1.29, 1.82) is 0 Å². The largest absolute Gasteiger partial charge is 0.353 e. The van der Waals surface area contributed by atoms with E-state index in [0.29, 0.717) is 5.56 Å². The molecule has 0 unspecified atom stereocenters. The van der Waals surface area contributed by atoms with Crippen LogP contribution in [-0.2, 0) is 18.9 Å². The minimum absolute atomic E-state index is 0.0936. The van der Waals surface area contributed by atoms with Gasteiger partial charge in [-0.25, -0.2) is 0 Å². The number of Topliss-reactive ketones (excluding diaryl/α,β-unsaturated/α-hetero) is 1. The molecule has 4 atom stereocenters. The van der Waals surface area contributed by atoms with E-state index in [1.165, 1.54) is 7.11 Å². The molecule has 0 N–H and O–H groups in total. The standard InChI is InChI=1S/C16H20O5/c1-9-7-5-6-8-10(9)11(17)12-13-14(15(18-4)19-12)21-16(2,3)20-13/h5-8,12-15H,1-4H3/t12-,13+,14+,15+/m1/s1. The lowest BCUT2D eigenvalue weighted by molar-refractivity contribution is -0.220. The molecule has 114 valence electrons. The van der Waals surface area contributed by atoms with Crippen molar-refractivity contribution in [1.82, 2.24) is 0 Å². The monoisotopic (exact) mass is 292 g/mol. The molecule has 2 heterocycles. The summed E-state index contributed by atoms with van der Waals surface area (Å²) < 4.78 is 22.7. The molecule has 2 aliphatic rings. The summed E-state index contributed by atoms with van der Waals surface area (Å²) in [5.41, 5.74) is 1.56. The van der Waals surface area contributed by atoms with Crippen LogP contribution in [0.5, 0.6) is 0 Å². The highest BCUT2D eigenvalue weighted by atomic mass is 16.8. The third-order valence-corrected chi connectivity index (χ3v) is 3.91. The van der Waals surface area contributed by atoms with Gasteiger partial charge < -0.3 is 18.9 Å². The molecule has 0 spiro atoms. The van der Waals surface area contributed by atoms with E-state index < -0.39 is 24.3 Å². The third kappa shape index (κ3) is 2.51. The van der Waals surface area contributed by atoms with Gasteiger partial charge in [-0.1, -0.05) is 24.3 Å². The Balaban J connectivity index is 1.89. The highest BCUT2D eigenvalue weighted by molar-refractivity contribution is 6.01. The summed E-state index contributed by atoms with van der Waals surface area (Å²) in [4.78, 5) is 12.8. The predicted molar refractivity (Wildman–Crippen MR) is 75.0 cm³/mol. The molecule has 1 aromatic rings. The van der Waals surface area contributed by atoms with Crippen molar-refractivity contribution in [3.63, 3.8) is 0 Å². The molecule has 0 aromatic heterocycles. The van der Waals surface area contributed by atoms with E-state index in [4.69, 9.17) is 18.9 Å². The Morgan fingerprint density at radius 1 is 1.19 bits per heavy atom. The van der Waals surface area contributed by atoms with E-state index in [-0.39, 0.29) is 11.9 Å². The van der Waals surface area contributed by atoms with Crippen molar-refractivity contribution >= 4 is 5.78 Å². The Bertz CT molecular complexity index is 553. The van der Waals surface area contributed by atoms with E-state index in [9.17, 15) is 4.79 Å². The molecule has 0 bridgehead atoms. The molecule has 5 nitrogen and oxygen atoms in total. The predicted octanol–water partition coefficient (Wildman–Crippen LogP) is 2.07. The Morgan fingerprint density at radius 3 is 2.52 bits per heavy atom. The zero-order chi connectivity index (χ0) is 15.2. The van der Waals surface area contributed by atoms with Gasteiger partial charge in [-0.05, 0) is 26.3 Å². The molecule has 21 heavy (non-hydrogen) atoms. The highest BCUT2D eigenvalue weighted by Gasteiger charge is 2.57. The average molecular weight is 292 g/mol. The molecule has 5 heteroatoms. The van der Waals surface area contributed by atoms with Crippen molar-refractivity contribution in [2.24, 2.45) is 0 Å². The Labute approximate surface area is 124 Å². The molecule has 3 rings (SSSR count). The Hall–Kier alpha value is -1.27. The van der Waals surface area contributed by atoms with Crippen LogP contribution < -0.4 is 0 Å². The maximum atomic E-state index is 12.8. The van der Waals surface area contributed by atoms with E-state index in [0.717, 1.165) is 5.56 Å². The molecule has 2 fully saturated rings. The van der Waals surface area contributed by atoms with Crippen LogP contribution in [0.25, 0.3) is 0 Å². The SMILES string of the molecule is CO[C@H]1O[C@H](C(=O)c2ccccc2C)[C@@H]2OC(C)(C)O[C@H]12. The molecule has 0 saturated carbocycles. The van der Waals surface area contributed by atoms with Crippen LogP contribution in [0.4, 0.5) is 0 Å². The first-order valence-electron chi connectivity index (χ1n) is 7.07. The second-order valence-corrected chi connectivity index (χ2v) is 5.90. The normalized spacial score (nSPS) is 33.9. The minimum Gasteiger partial charge on any atom is -0.353 e. The van der Waals surface area contributed by atoms with Crippen LogP contribution in [0.15, 0.2) is 24.3 Å². The topological polar surface area (TPSA) is 54.0 Å². The maximum absolute atomic E-state index is 12.8. The van der Waals surface area contributed by atoms with E-state index in [2.05, 4.69) is 0 Å². The summed E-state index contributed by atoms with van der Waals surface area (Å²) in [5, 5.41) is 0. The van der Waals surface area contributed by atoms with Crippen molar-refractivity contribution < 1.29 is 23.7 Å². The summed E-state index contributed by atoms with van der Waals surface area (Å²) in [7, 11) is 1.54. The lowest BCUT2D eigenvalue weighted by Crippen LogP contribution is -2.36. The van der Waals surface area contributed by atoms with Crippen LogP contribution in [0.1, 0.15) is 29.8 Å². The van der Waals surface area contributed by atoms with Gasteiger partial charge in [0, 0.05) is 12.7 Å². The van der Waals surface area contributed by atoms with Crippen LogP contribution in [0, 0.1) is 6.92 Å². The zero-order valence-corrected chi connectivity index (χ0v) is 12.7. The van der Waals surface area contributed by atoms with Crippen LogP contribution in [0.3, 0.4) is 0 Å². The first kappa shape index (κ1) is 14.7. The fourth-order valence-electron chi connectivity index (χ4n) is 2.96. The first-order valence-corrected chi connectivity index (χ1v) is 7.07. The van der Waals surface area contributed by atoms with Crippen molar-refractivity contribution in [2.75, 3.05) is 7.11 Å². The fourth-order valence-corrected chi connectivity index (χ4v) is 2.96. The number of carbonyl (C=O) groups is 1. The molecule has 2 saturated heterocycles. The van der Waals surface area contributed by atoms with Gasteiger partial charge in [-0.2, -0.15) is 0 Å². The molecule has 0 amide bonds. The number of benzene rings is 1. The van der Waals surface area contributed by atoms with Gasteiger partial charge in [0.05, 0.1) is 0 Å². The van der Waals surface area contributed by atoms with Crippen LogP contribution >= 0.6 is 0 Å². The first-order chi connectivity index (χ1) is 9.93. The number of rotatable bonds is 3.